The molecule has 0 radical (unpaired) electrons. The van der Waals surface area contributed by atoms with Crippen molar-refractivity contribution in [2.45, 2.75) is 5.16 Å². The highest BCUT2D eigenvalue weighted by Gasteiger charge is 2.15. The molecule has 8 nitrogen and oxygen atoms in total. The Labute approximate surface area is 214 Å². The standard InChI is InChI=1S/C25H21BrN4O4S/c1-33-19-10-8-18(9-11-19)30-24(32)20-5-3-4-6-21(20)28-25(30)35-15-23(31)29-27-14-16-13-17(26)7-12-22(16)34-2/h3-14H,15H2,1-2H3,(H,29,31)/b27-14+. The number of hydrogen-bond donors (Lipinski definition) is 1. The van der Waals surface area contributed by atoms with Gasteiger partial charge in [-0.15, -0.1) is 0 Å². The van der Waals surface area contributed by atoms with E-state index in [1.54, 1.807) is 62.8 Å². The lowest BCUT2D eigenvalue weighted by molar-refractivity contribution is -0.118. The minimum Gasteiger partial charge on any atom is -0.497 e. The van der Waals surface area contributed by atoms with E-state index < -0.39 is 0 Å². The number of nitrogens with zero attached hydrogens (tertiary/aromatic N) is 3. The molecule has 4 aromatic rings. The van der Waals surface area contributed by atoms with Gasteiger partial charge in [-0.1, -0.05) is 39.8 Å². The van der Waals surface area contributed by atoms with Crippen LogP contribution in [0.15, 0.2) is 86.3 Å². The molecule has 0 aliphatic rings. The second-order valence-electron chi connectivity index (χ2n) is 7.22. The van der Waals surface area contributed by atoms with Crippen molar-refractivity contribution in [3.63, 3.8) is 0 Å². The van der Waals surface area contributed by atoms with E-state index in [1.807, 2.05) is 18.2 Å². The van der Waals surface area contributed by atoms with E-state index in [0.717, 1.165) is 16.2 Å². The van der Waals surface area contributed by atoms with Crippen molar-refractivity contribution in [1.29, 1.82) is 0 Å². The van der Waals surface area contributed by atoms with Crippen molar-refractivity contribution >= 4 is 50.7 Å². The van der Waals surface area contributed by atoms with Crippen LogP contribution in [0.3, 0.4) is 0 Å². The molecular formula is C25H21BrN4O4S. The topological polar surface area (TPSA) is 94.8 Å². The highest BCUT2D eigenvalue weighted by molar-refractivity contribution is 9.10. The molecular weight excluding hydrogens is 532 g/mol. The van der Waals surface area contributed by atoms with Gasteiger partial charge in [0.05, 0.1) is 42.8 Å². The Kier molecular flexibility index (Phi) is 7.84. The van der Waals surface area contributed by atoms with Crippen LogP contribution in [0.1, 0.15) is 5.56 Å². The Morgan fingerprint density at radius 2 is 1.89 bits per heavy atom. The number of aromatic nitrogens is 2. The van der Waals surface area contributed by atoms with E-state index in [1.165, 1.54) is 10.8 Å². The Morgan fingerprint density at radius 1 is 1.11 bits per heavy atom. The predicted molar refractivity (Wildman–Crippen MR) is 141 cm³/mol. The Morgan fingerprint density at radius 3 is 2.63 bits per heavy atom. The highest BCUT2D eigenvalue weighted by atomic mass is 79.9. The summed E-state index contributed by atoms with van der Waals surface area (Å²) in [7, 11) is 3.14. The molecule has 10 heteroatoms. The van der Waals surface area contributed by atoms with E-state index in [0.29, 0.717) is 38.8 Å². The van der Waals surface area contributed by atoms with Crippen LogP contribution < -0.4 is 20.5 Å². The number of hydrazone groups is 1. The van der Waals surface area contributed by atoms with Crippen molar-refractivity contribution in [3.8, 4) is 17.2 Å². The van der Waals surface area contributed by atoms with Crippen LogP contribution >= 0.6 is 27.7 Å². The fraction of sp³-hybridized carbons (Fsp3) is 0.120. The molecule has 0 aliphatic carbocycles. The lowest BCUT2D eigenvalue weighted by Gasteiger charge is -2.13. The first-order chi connectivity index (χ1) is 17.0. The molecule has 0 unspecified atom stereocenters. The monoisotopic (exact) mass is 552 g/mol. The number of thioether (sulfide) groups is 1. The van der Waals surface area contributed by atoms with Crippen LogP contribution in [0.2, 0.25) is 0 Å². The molecule has 1 amide bonds. The zero-order chi connectivity index (χ0) is 24.8. The molecule has 4 rings (SSSR count). The van der Waals surface area contributed by atoms with Crippen LogP contribution in [-0.2, 0) is 4.79 Å². The minimum atomic E-state index is -0.344. The number of para-hydroxylation sites is 1. The number of fused-ring (bicyclic) bond motifs is 1. The maximum absolute atomic E-state index is 13.3. The lowest BCUT2D eigenvalue weighted by atomic mass is 10.2. The SMILES string of the molecule is COc1ccc(-n2c(SCC(=O)N/N=C/c3cc(Br)ccc3OC)nc3ccccc3c2=O)cc1. The van der Waals surface area contributed by atoms with E-state index in [4.69, 9.17) is 9.47 Å². The molecule has 0 saturated heterocycles. The molecule has 1 heterocycles. The van der Waals surface area contributed by atoms with Gasteiger partial charge in [0.15, 0.2) is 5.16 Å². The third-order valence-corrected chi connectivity index (χ3v) is 6.42. The molecule has 0 aliphatic heterocycles. The zero-order valence-electron chi connectivity index (χ0n) is 18.9. The van der Waals surface area contributed by atoms with Gasteiger partial charge in [0.1, 0.15) is 11.5 Å². The van der Waals surface area contributed by atoms with Crippen molar-refractivity contribution in [2.75, 3.05) is 20.0 Å². The van der Waals surface area contributed by atoms with Gasteiger partial charge in [0.25, 0.3) is 11.5 Å². The van der Waals surface area contributed by atoms with Gasteiger partial charge >= 0.3 is 0 Å². The molecule has 178 valence electrons. The maximum atomic E-state index is 13.3. The molecule has 0 saturated carbocycles. The van der Waals surface area contributed by atoms with E-state index in [2.05, 4.69) is 31.4 Å². The van der Waals surface area contributed by atoms with E-state index in [9.17, 15) is 9.59 Å². The van der Waals surface area contributed by atoms with Crippen LogP contribution in [0, 0.1) is 0 Å². The summed E-state index contributed by atoms with van der Waals surface area (Å²) in [5, 5.41) is 4.91. The average Bonchev–Trinajstić information content (AvgIpc) is 2.88. The summed E-state index contributed by atoms with van der Waals surface area (Å²) in [6.45, 7) is 0. The molecule has 0 atom stereocenters. The highest BCUT2D eigenvalue weighted by Crippen LogP contribution is 2.23. The number of rotatable bonds is 8. The lowest BCUT2D eigenvalue weighted by Crippen LogP contribution is -2.24. The third-order valence-electron chi connectivity index (χ3n) is 4.99. The van der Waals surface area contributed by atoms with Crippen molar-refractivity contribution in [1.82, 2.24) is 15.0 Å². The molecule has 0 bridgehead atoms. The summed E-state index contributed by atoms with van der Waals surface area (Å²) in [5.74, 6) is 0.964. The number of carbonyl (C=O) groups excluding carboxylic acids is 1. The number of nitrogens with one attached hydrogen (secondary N) is 1. The predicted octanol–water partition coefficient (Wildman–Crippen LogP) is 4.41. The third kappa shape index (κ3) is 5.72. The molecule has 0 spiro atoms. The molecule has 1 N–H and O–H groups in total. The molecule has 35 heavy (non-hydrogen) atoms. The fourth-order valence-corrected chi connectivity index (χ4v) is 4.49. The fourth-order valence-electron chi connectivity index (χ4n) is 3.31. The first-order valence-corrected chi connectivity index (χ1v) is 12.2. The molecule has 0 fully saturated rings. The van der Waals surface area contributed by atoms with Gasteiger partial charge in [-0.05, 0) is 54.6 Å². The van der Waals surface area contributed by atoms with Gasteiger partial charge in [-0.3, -0.25) is 14.2 Å². The zero-order valence-corrected chi connectivity index (χ0v) is 21.3. The van der Waals surface area contributed by atoms with Crippen LogP contribution in [0.25, 0.3) is 16.6 Å². The quantitative estimate of drug-likeness (QED) is 0.150. The normalized spacial score (nSPS) is 11.1. The first kappa shape index (κ1) is 24.5. The summed E-state index contributed by atoms with van der Waals surface area (Å²) in [4.78, 5) is 30.4. The molecule has 1 aromatic heterocycles. The Bertz CT molecular complexity index is 1450. The van der Waals surface area contributed by atoms with Crippen molar-refractivity contribution in [2.24, 2.45) is 5.10 Å². The number of methoxy groups -OCH3 is 2. The summed E-state index contributed by atoms with van der Waals surface area (Å²) in [5.41, 5.74) is 4.18. The van der Waals surface area contributed by atoms with Gasteiger partial charge in [0, 0.05) is 10.0 Å². The average molecular weight is 553 g/mol. The van der Waals surface area contributed by atoms with Crippen molar-refractivity contribution < 1.29 is 14.3 Å². The number of benzene rings is 3. The smallest absolute Gasteiger partial charge is 0.266 e. The Balaban J connectivity index is 1.56. The second-order valence-corrected chi connectivity index (χ2v) is 9.08. The maximum Gasteiger partial charge on any atom is 0.266 e. The summed E-state index contributed by atoms with van der Waals surface area (Å²) in [6, 6.07) is 19.7. The largest absolute Gasteiger partial charge is 0.497 e. The number of carbonyl (C=O) groups is 1. The second kappa shape index (κ2) is 11.2. The number of ether oxygens (including phenoxy) is 2. The summed E-state index contributed by atoms with van der Waals surface area (Å²) < 4.78 is 12.9. The van der Waals surface area contributed by atoms with E-state index >= 15 is 0 Å². The van der Waals surface area contributed by atoms with Gasteiger partial charge in [-0.25, -0.2) is 10.4 Å². The Hall–Kier alpha value is -3.63. The van der Waals surface area contributed by atoms with Gasteiger partial charge in [-0.2, -0.15) is 5.10 Å². The number of hydrogen-bond acceptors (Lipinski definition) is 7. The van der Waals surface area contributed by atoms with E-state index in [-0.39, 0.29) is 17.2 Å². The number of amides is 1. The number of halogens is 1. The van der Waals surface area contributed by atoms with Crippen LogP contribution in [-0.4, -0.2) is 41.6 Å². The van der Waals surface area contributed by atoms with Crippen LogP contribution in [0.5, 0.6) is 11.5 Å². The van der Waals surface area contributed by atoms with Crippen molar-refractivity contribution in [3.05, 3.63) is 87.1 Å². The summed E-state index contributed by atoms with van der Waals surface area (Å²) >= 11 is 4.55. The first-order valence-electron chi connectivity index (χ1n) is 10.4. The van der Waals surface area contributed by atoms with Gasteiger partial charge < -0.3 is 9.47 Å². The minimum absolute atomic E-state index is 0.00783. The summed E-state index contributed by atoms with van der Waals surface area (Å²) in [6.07, 6.45) is 1.51. The van der Waals surface area contributed by atoms with Crippen LogP contribution in [0.4, 0.5) is 0 Å². The molecule has 3 aromatic carbocycles. The van der Waals surface area contributed by atoms with Gasteiger partial charge in [0.2, 0.25) is 0 Å².